The third kappa shape index (κ3) is 6.40. The first kappa shape index (κ1) is 25.1. The van der Waals surface area contributed by atoms with Gasteiger partial charge in [0.25, 0.3) is 0 Å². The fourth-order valence-corrected chi connectivity index (χ4v) is 4.56. The third-order valence-electron chi connectivity index (χ3n) is 6.57. The van der Waals surface area contributed by atoms with E-state index in [4.69, 9.17) is 9.47 Å². The van der Waals surface area contributed by atoms with Gasteiger partial charge >= 0.3 is 0 Å². The molecule has 0 aromatic heterocycles. The predicted molar refractivity (Wildman–Crippen MR) is 145 cm³/mol. The summed E-state index contributed by atoms with van der Waals surface area (Å²) in [6.07, 6.45) is 0.621. The Morgan fingerprint density at radius 2 is 1.32 bits per heavy atom. The first-order valence-electron chi connectivity index (χ1n) is 12.7. The molecule has 192 valence electrons. The van der Waals surface area contributed by atoms with E-state index < -0.39 is 6.04 Å². The van der Waals surface area contributed by atoms with Gasteiger partial charge in [0.15, 0.2) is 11.5 Å². The molecule has 5 rings (SSSR count). The predicted octanol–water partition coefficient (Wildman–Crippen LogP) is 4.91. The molecule has 4 aromatic carbocycles. The zero-order valence-electron chi connectivity index (χ0n) is 21.1. The second kappa shape index (κ2) is 12.1. The zero-order valence-corrected chi connectivity index (χ0v) is 21.1. The third-order valence-corrected chi connectivity index (χ3v) is 6.57. The minimum Gasteiger partial charge on any atom is -0.454 e. The van der Waals surface area contributed by atoms with Gasteiger partial charge in [-0.05, 0) is 34.4 Å². The SMILES string of the molecule is O=C(NCc1ccc2c(c1)OCO2)[C@H](Cc1ccccc1)N(Cc1ccccc1)C(=O)Cc1ccccc1. The molecular formula is C32H30N2O4. The molecule has 0 saturated heterocycles. The second-order valence-electron chi connectivity index (χ2n) is 9.28. The molecule has 0 radical (unpaired) electrons. The molecule has 0 saturated carbocycles. The van der Waals surface area contributed by atoms with E-state index in [0.29, 0.717) is 31.0 Å². The van der Waals surface area contributed by atoms with Crippen LogP contribution in [0.2, 0.25) is 0 Å². The summed E-state index contributed by atoms with van der Waals surface area (Å²) in [5, 5.41) is 3.07. The Bertz CT molecular complexity index is 1360. The van der Waals surface area contributed by atoms with E-state index in [9.17, 15) is 9.59 Å². The van der Waals surface area contributed by atoms with Gasteiger partial charge in [0.1, 0.15) is 6.04 Å². The fraction of sp³-hybridized carbons (Fsp3) is 0.188. The summed E-state index contributed by atoms with van der Waals surface area (Å²) >= 11 is 0. The first-order valence-corrected chi connectivity index (χ1v) is 12.7. The summed E-state index contributed by atoms with van der Waals surface area (Å²) in [5.74, 6) is 1.06. The molecule has 1 N–H and O–H groups in total. The maximum Gasteiger partial charge on any atom is 0.243 e. The van der Waals surface area contributed by atoms with Crippen LogP contribution in [0.4, 0.5) is 0 Å². The van der Waals surface area contributed by atoms with Crippen molar-refractivity contribution in [2.24, 2.45) is 0 Å². The Kier molecular flexibility index (Phi) is 7.99. The maximum atomic E-state index is 13.8. The normalized spacial score (nSPS) is 12.5. The van der Waals surface area contributed by atoms with Crippen molar-refractivity contribution in [3.63, 3.8) is 0 Å². The number of hydrogen-bond donors (Lipinski definition) is 1. The quantitative estimate of drug-likeness (QED) is 0.332. The summed E-state index contributed by atoms with van der Waals surface area (Å²) in [6, 6.07) is 34.2. The average Bonchev–Trinajstić information content (AvgIpc) is 3.43. The van der Waals surface area contributed by atoms with Gasteiger partial charge in [-0.1, -0.05) is 97.1 Å². The molecule has 6 nitrogen and oxygen atoms in total. The summed E-state index contributed by atoms with van der Waals surface area (Å²) < 4.78 is 10.9. The highest BCUT2D eigenvalue weighted by molar-refractivity contribution is 5.88. The number of hydrogen-bond acceptors (Lipinski definition) is 4. The Morgan fingerprint density at radius 1 is 0.711 bits per heavy atom. The van der Waals surface area contributed by atoms with Crippen LogP contribution in [-0.4, -0.2) is 29.5 Å². The number of rotatable bonds is 10. The summed E-state index contributed by atoms with van der Waals surface area (Å²) in [6.45, 7) is 0.844. The molecular weight excluding hydrogens is 476 g/mol. The van der Waals surface area contributed by atoms with Gasteiger partial charge in [-0.3, -0.25) is 9.59 Å². The van der Waals surface area contributed by atoms with Crippen LogP contribution in [0.1, 0.15) is 22.3 Å². The van der Waals surface area contributed by atoms with Crippen LogP contribution in [0.5, 0.6) is 11.5 Å². The van der Waals surface area contributed by atoms with E-state index in [2.05, 4.69) is 5.32 Å². The highest BCUT2D eigenvalue weighted by Gasteiger charge is 2.30. The van der Waals surface area contributed by atoms with Crippen LogP contribution in [0.25, 0.3) is 0 Å². The minimum atomic E-state index is -0.692. The van der Waals surface area contributed by atoms with E-state index in [-0.39, 0.29) is 25.0 Å². The van der Waals surface area contributed by atoms with E-state index >= 15 is 0 Å². The number of nitrogens with zero attached hydrogens (tertiary/aromatic N) is 1. The van der Waals surface area contributed by atoms with Crippen molar-refractivity contribution in [3.05, 3.63) is 131 Å². The number of amides is 2. The molecule has 1 atom stereocenters. The molecule has 38 heavy (non-hydrogen) atoms. The van der Waals surface area contributed by atoms with Crippen LogP contribution in [0, 0.1) is 0 Å². The van der Waals surface area contributed by atoms with E-state index in [0.717, 1.165) is 22.3 Å². The van der Waals surface area contributed by atoms with Crippen LogP contribution >= 0.6 is 0 Å². The topological polar surface area (TPSA) is 67.9 Å². The fourth-order valence-electron chi connectivity index (χ4n) is 4.56. The molecule has 0 unspecified atom stereocenters. The van der Waals surface area contributed by atoms with Crippen molar-refractivity contribution in [2.45, 2.75) is 32.0 Å². The molecule has 2 amide bonds. The number of fused-ring (bicyclic) bond motifs is 1. The van der Waals surface area contributed by atoms with Crippen LogP contribution in [0.3, 0.4) is 0 Å². The van der Waals surface area contributed by atoms with Gasteiger partial charge in [0, 0.05) is 19.5 Å². The molecule has 0 spiro atoms. The first-order chi connectivity index (χ1) is 18.7. The van der Waals surface area contributed by atoms with Gasteiger partial charge in [0.05, 0.1) is 6.42 Å². The van der Waals surface area contributed by atoms with Crippen LogP contribution in [0.15, 0.2) is 109 Å². The van der Waals surface area contributed by atoms with E-state index in [1.807, 2.05) is 109 Å². The van der Waals surface area contributed by atoms with Gasteiger partial charge < -0.3 is 19.7 Å². The van der Waals surface area contributed by atoms with Crippen LogP contribution < -0.4 is 14.8 Å². The molecule has 4 aromatic rings. The van der Waals surface area contributed by atoms with Crippen molar-refractivity contribution < 1.29 is 19.1 Å². The Morgan fingerprint density at radius 3 is 2.00 bits per heavy atom. The van der Waals surface area contributed by atoms with E-state index in [1.54, 1.807) is 4.90 Å². The maximum absolute atomic E-state index is 13.8. The second-order valence-corrected chi connectivity index (χ2v) is 9.28. The lowest BCUT2D eigenvalue weighted by molar-refractivity contribution is -0.140. The molecule has 6 heteroatoms. The van der Waals surface area contributed by atoms with E-state index in [1.165, 1.54) is 0 Å². The Labute approximate surface area is 222 Å². The van der Waals surface area contributed by atoms with Crippen LogP contribution in [-0.2, 0) is 35.5 Å². The van der Waals surface area contributed by atoms with Crippen molar-refractivity contribution in [1.82, 2.24) is 10.2 Å². The lowest BCUT2D eigenvalue weighted by Crippen LogP contribution is -2.50. The monoisotopic (exact) mass is 506 g/mol. The van der Waals surface area contributed by atoms with Crippen molar-refractivity contribution in [3.8, 4) is 11.5 Å². The number of benzene rings is 4. The smallest absolute Gasteiger partial charge is 0.243 e. The molecule has 0 aliphatic carbocycles. The van der Waals surface area contributed by atoms with Gasteiger partial charge in [0.2, 0.25) is 18.6 Å². The number of carbonyl (C=O) groups excluding carboxylic acids is 2. The molecule has 1 aliphatic heterocycles. The van der Waals surface area contributed by atoms with Crippen molar-refractivity contribution in [2.75, 3.05) is 6.79 Å². The molecule has 1 aliphatic rings. The molecule has 0 fully saturated rings. The lowest BCUT2D eigenvalue weighted by Gasteiger charge is -2.31. The average molecular weight is 507 g/mol. The zero-order chi connectivity index (χ0) is 26.2. The number of carbonyl (C=O) groups is 2. The highest BCUT2D eigenvalue weighted by atomic mass is 16.7. The summed E-state index contributed by atoms with van der Waals surface area (Å²) in [7, 11) is 0. The van der Waals surface area contributed by atoms with Gasteiger partial charge in [-0.15, -0.1) is 0 Å². The van der Waals surface area contributed by atoms with Crippen molar-refractivity contribution >= 4 is 11.8 Å². The Balaban J connectivity index is 1.41. The Hall–Kier alpha value is -4.58. The number of nitrogens with one attached hydrogen (secondary N) is 1. The largest absolute Gasteiger partial charge is 0.454 e. The lowest BCUT2D eigenvalue weighted by atomic mass is 10.0. The van der Waals surface area contributed by atoms with Crippen molar-refractivity contribution in [1.29, 1.82) is 0 Å². The summed E-state index contributed by atoms with van der Waals surface area (Å²) in [5.41, 5.74) is 3.76. The molecule has 1 heterocycles. The number of ether oxygens (including phenoxy) is 2. The minimum absolute atomic E-state index is 0.0980. The standard InChI is InChI=1S/C32H30N2O4/c35-31(20-25-12-6-2-7-13-25)34(22-26-14-8-3-9-15-26)28(18-24-10-4-1-5-11-24)32(36)33-21-27-16-17-29-30(19-27)38-23-37-29/h1-17,19,28H,18,20-23H2,(H,33,36)/t28-/m0/s1. The highest BCUT2D eigenvalue weighted by Crippen LogP contribution is 2.32. The van der Waals surface area contributed by atoms with Gasteiger partial charge in [-0.25, -0.2) is 0 Å². The molecule has 0 bridgehead atoms. The van der Waals surface area contributed by atoms with Gasteiger partial charge in [-0.2, -0.15) is 0 Å². The summed E-state index contributed by atoms with van der Waals surface area (Å²) in [4.78, 5) is 29.3.